The molecule has 4 rings (SSSR count). The molecule has 0 spiro atoms. The molecular weight excluding hydrogens is 460 g/mol. The molecule has 0 unspecified atom stereocenters. The van der Waals surface area contributed by atoms with Crippen molar-refractivity contribution in [3.05, 3.63) is 53.3 Å². The van der Waals surface area contributed by atoms with Crippen LogP contribution in [-0.2, 0) is 46.1 Å². The van der Waals surface area contributed by atoms with E-state index in [1.54, 1.807) is 37.1 Å². The maximum Gasteiger partial charge on any atom is 0.333 e. The molecule has 15 nitrogen and oxygen atoms in total. The molecule has 0 saturated heterocycles. The molecule has 0 aliphatic carbocycles. The molecule has 0 radical (unpaired) electrons. The Morgan fingerprint density at radius 3 is 1.60 bits per heavy atom. The van der Waals surface area contributed by atoms with Crippen LogP contribution in [0.5, 0.6) is 0 Å². The first-order valence-corrected chi connectivity index (χ1v) is 10.2. The average Bonchev–Trinajstić information content (AvgIpc) is 3.27. The predicted octanol–water partition coefficient (Wildman–Crippen LogP) is -2.51. The molecule has 0 aliphatic rings. The number of nitrogens with zero attached hydrogens (tertiary/aromatic N) is 9. The van der Waals surface area contributed by atoms with Gasteiger partial charge in [0.1, 0.15) is 24.7 Å². The molecule has 35 heavy (non-hydrogen) atoms. The lowest BCUT2D eigenvalue weighted by atomic mass is 10.4. The Morgan fingerprint density at radius 2 is 1.20 bits per heavy atom. The van der Waals surface area contributed by atoms with Crippen LogP contribution in [0.25, 0.3) is 22.3 Å². The number of amides is 1. The summed E-state index contributed by atoms with van der Waals surface area (Å²) in [5, 5.41) is 8.71. The minimum atomic E-state index is -0.666. The summed E-state index contributed by atoms with van der Waals surface area (Å²) < 4.78 is 7.42. The van der Waals surface area contributed by atoms with Crippen LogP contribution in [-0.4, -0.2) is 43.3 Å². The van der Waals surface area contributed by atoms with E-state index in [1.807, 2.05) is 6.07 Å². The molecule has 0 saturated carbocycles. The number of primary amides is 1. The third kappa shape index (κ3) is 3.94. The van der Waals surface area contributed by atoms with E-state index in [2.05, 4.69) is 9.97 Å². The first kappa shape index (κ1) is 24.9. The highest BCUT2D eigenvalue weighted by molar-refractivity contribution is 5.77. The van der Waals surface area contributed by atoms with Crippen molar-refractivity contribution in [3.8, 4) is 6.07 Å². The van der Waals surface area contributed by atoms with Gasteiger partial charge in [0.25, 0.3) is 11.1 Å². The molecule has 0 atom stereocenters. The number of fused-ring (bicyclic) bond motifs is 2. The second kappa shape index (κ2) is 8.89. The number of rotatable bonds is 3. The van der Waals surface area contributed by atoms with Crippen LogP contribution in [0.2, 0.25) is 0 Å². The minimum absolute atomic E-state index is 0.125. The number of imidazole rings is 2. The van der Waals surface area contributed by atoms with Crippen LogP contribution >= 0.6 is 0 Å². The summed E-state index contributed by atoms with van der Waals surface area (Å²) in [5.74, 6) is 0.528. The molecule has 4 aromatic heterocycles. The second-order valence-corrected chi connectivity index (χ2v) is 7.87. The summed E-state index contributed by atoms with van der Waals surface area (Å²) in [7, 11) is 6.11. The Labute approximate surface area is 196 Å². The lowest BCUT2D eigenvalue weighted by Gasteiger charge is -2.06. The number of nitriles is 1. The molecule has 2 N–H and O–H groups in total. The third-order valence-corrected chi connectivity index (χ3v) is 5.70. The summed E-state index contributed by atoms with van der Waals surface area (Å²) in [6, 6.07) is 1.89. The molecule has 184 valence electrons. The summed E-state index contributed by atoms with van der Waals surface area (Å²) in [5.41, 5.74) is 4.17. The highest BCUT2D eigenvalue weighted by atomic mass is 16.2. The monoisotopic (exact) mass is 484 g/mol. The number of hydrogen-bond donors (Lipinski definition) is 1. The highest BCUT2D eigenvalue weighted by Crippen LogP contribution is 2.09. The van der Waals surface area contributed by atoms with Crippen LogP contribution in [0.4, 0.5) is 0 Å². The van der Waals surface area contributed by atoms with E-state index in [-0.39, 0.29) is 29.9 Å². The average molecular weight is 484 g/mol. The maximum absolute atomic E-state index is 12.0. The van der Waals surface area contributed by atoms with Gasteiger partial charge in [0.05, 0.1) is 6.07 Å². The van der Waals surface area contributed by atoms with Crippen molar-refractivity contribution in [1.29, 1.82) is 5.26 Å². The fourth-order valence-electron chi connectivity index (χ4n) is 3.59. The van der Waals surface area contributed by atoms with E-state index in [9.17, 15) is 24.0 Å². The highest BCUT2D eigenvalue weighted by Gasteiger charge is 2.18. The Morgan fingerprint density at radius 1 is 0.800 bits per heavy atom. The first-order valence-electron chi connectivity index (χ1n) is 10.2. The number of hydrogen-bond acceptors (Lipinski definition) is 8. The van der Waals surface area contributed by atoms with E-state index < -0.39 is 28.4 Å². The quantitative estimate of drug-likeness (QED) is 0.330. The van der Waals surface area contributed by atoms with Crippen molar-refractivity contribution >= 4 is 28.2 Å². The molecule has 4 aromatic rings. The number of carbonyl (C=O) groups excluding carboxylic acids is 1. The van der Waals surface area contributed by atoms with Crippen molar-refractivity contribution in [2.75, 3.05) is 0 Å². The van der Waals surface area contributed by atoms with Crippen molar-refractivity contribution in [2.45, 2.75) is 26.9 Å². The number of aromatic nitrogens is 8. The molecule has 15 heteroatoms. The van der Waals surface area contributed by atoms with Gasteiger partial charge >= 0.3 is 11.4 Å². The summed E-state index contributed by atoms with van der Waals surface area (Å²) >= 11 is 0. The lowest BCUT2D eigenvalue weighted by molar-refractivity contribution is -0.118. The van der Waals surface area contributed by atoms with E-state index in [0.29, 0.717) is 17.2 Å². The van der Waals surface area contributed by atoms with Crippen LogP contribution in [0.15, 0.2) is 19.2 Å². The Kier molecular flexibility index (Phi) is 6.33. The van der Waals surface area contributed by atoms with E-state index in [0.717, 1.165) is 13.7 Å². The van der Waals surface area contributed by atoms with Crippen LogP contribution in [0.3, 0.4) is 0 Å². The van der Waals surface area contributed by atoms with Gasteiger partial charge in [-0.15, -0.1) is 0 Å². The molecule has 0 bridgehead atoms. The zero-order valence-electron chi connectivity index (χ0n) is 20.1. The Bertz CT molecular complexity index is 1780. The lowest BCUT2D eigenvalue weighted by Crippen LogP contribution is -2.40. The molecule has 1 amide bonds. The summed E-state index contributed by atoms with van der Waals surface area (Å²) in [6.07, 6.45) is 0. The van der Waals surface area contributed by atoms with Gasteiger partial charge in [-0.3, -0.25) is 32.7 Å². The van der Waals surface area contributed by atoms with Crippen molar-refractivity contribution < 1.29 is 4.79 Å². The van der Waals surface area contributed by atoms with Gasteiger partial charge in [-0.2, -0.15) is 5.26 Å². The van der Waals surface area contributed by atoms with Crippen molar-refractivity contribution in [1.82, 2.24) is 37.4 Å². The Hall–Kier alpha value is -4.74. The van der Waals surface area contributed by atoms with Gasteiger partial charge < -0.3 is 14.9 Å². The van der Waals surface area contributed by atoms with Gasteiger partial charge in [0, 0.05) is 28.2 Å². The Balaban J connectivity index is 0.000000196. The van der Waals surface area contributed by atoms with Gasteiger partial charge in [0.2, 0.25) is 5.91 Å². The fourth-order valence-corrected chi connectivity index (χ4v) is 3.59. The van der Waals surface area contributed by atoms with Crippen LogP contribution in [0, 0.1) is 25.2 Å². The number of carbonyl (C=O) groups is 1. The molecule has 0 fully saturated rings. The first-order chi connectivity index (χ1) is 16.3. The smallest absolute Gasteiger partial charge is 0.333 e. The molecule has 0 aliphatic heterocycles. The molecular formula is C20H24N10O5. The van der Waals surface area contributed by atoms with Crippen molar-refractivity contribution in [3.63, 3.8) is 0 Å². The van der Waals surface area contributed by atoms with Crippen LogP contribution < -0.4 is 28.2 Å². The van der Waals surface area contributed by atoms with E-state index >= 15 is 0 Å². The number of aryl methyl sites for hydroxylation is 4. The normalized spacial score (nSPS) is 10.9. The van der Waals surface area contributed by atoms with Gasteiger partial charge in [-0.05, 0) is 13.8 Å². The predicted molar refractivity (Wildman–Crippen MR) is 125 cm³/mol. The summed E-state index contributed by atoms with van der Waals surface area (Å²) in [4.78, 5) is 67.0. The largest absolute Gasteiger partial charge is 0.368 e. The minimum Gasteiger partial charge on any atom is -0.368 e. The summed E-state index contributed by atoms with van der Waals surface area (Å²) in [6.45, 7) is 3.01. The van der Waals surface area contributed by atoms with E-state index in [4.69, 9.17) is 11.0 Å². The number of nitrogens with two attached hydrogens (primary N) is 1. The van der Waals surface area contributed by atoms with Crippen LogP contribution in [0.1, 0.15) is 11.6 Å². The van der Waals surface area contributed by atoms with Gasteiger partial charge in [-0.25, -0.2) is 19.6 Å². The topological polar surface area (TPSA) is 191 Å². The van der Waals surface area contributed by atoms with Crippen molar-refractivity contribution in [2.24, 2.45) is 33.9 Å². The zero-order valence-corrected chi connectivity index (χ0v) is 20.1. The van der Waals surface area contributed by atoms with E-state index in [1.165, 1.54) is 18.7 Å². The maximum atomic E-state index is 12.0. The standard InChI is InChI=1S/C10H13N5O3.C10H11N5O2/c1-5-12-8-7(13(5)2)9(17)14(3)10(18)15(8)4-6(11)16;1-6-12-8-7(13(6)2)9(16)14(3)10(17)15(8)5-4-11/h4H2,1-3H3,(H2,11,16);5H2,1-3H3. The zero-order chi connectivity index (χ0) is 26.4. The third-order valence-electron chi connectivity index (χ3n) is 5.70. The van der Waals surface area contributed by atoms with Gasteiger partial charge in [0.15, 0.2) is 22.3 Å². The molecule has 4 heterocycles. The fraction of sp³-hybridized carbons (Fsp3) is 0.400. The molecule has 0 aromatic carbocycles. The second-order valence-electron chi connectivity index (χ2n) is 7.87. The van der Waals surface area contributed by atoms with Gasteiger partial charge in [-0.1, -0.05) is 0 Å². The SMILES string of the molecule is Cc1nc2c(c(=O)n(C)c(=O)n2CC#N)n1C.Cc1nc2c(c(=O)n(C)c(=O)n2CC(N)=O)n1C.